The van der Waals surface area contributed by atoms with Gasteiger partial charge in [-0.1, -0.05) is 26.3 Å². The first kappa shape index (κ1) is 16.5. The number of hydrogen-bond donors (Lipinski definition) is 1. The van der Waals surface area contributed by atoms with Gasteiger partial charge in [-0.15, -0.1) is 0 Å². The van der Waals surface area contributed by atoms with Crippen LogP contribution in [0.2, 0.25) is 0 Å². The number of benzene rings is 1. The van der Waals surface area contributed by atoms with E-state index in [1.54, 1.807) is 16.4 Å². The van der Waals surface area contributed by atoms with Crippen molar-refractivity contribution in [1.82, 2.24) is 4.31 Å². The number of sulfonamides is 1. The average Bonchev–Trinajstić information content (AvgIpc) is 2.54. The molecular weight excluding hydrogens is 286 g/mol. The van der Waals surface area contributed by atoms with E-state index in [9.17, 15) is 13.5 Å². The van der Waals surface area contributed by atoms with Crippen molar-refractivity contribution in [3.8, 4) is 0 Å². The molecule has 1 aliphatic rings. The molecule has 1 aliphatic heterocycles. The van der Waals surface area contributed by atoms with Crippen LogP contribution in [0.15, 0.2) is 23.1 Å². The first-order chi connectivity index (χ1) is 10.0. The van der Waals surface area contributed by atoms with Crippen LogP contribution >= 0.6 is 0 Å². The molecule has 1 N–H and O–H groups in total. The number of nitrogens with zero attached hydrogens (tertiary/aromatic N) is 1. The van der Waals surface area contributed by atoms with Crippen LogP contribution in [0.3, 0.4) is 0 Å². The molecule has 21 heavy (non-hydrogen) atoms. The van der Waals surface area contributed by atoms with Gasteiger partial charge in [0.1, 0.15) is 0 Å². The number of aliphatic hydroxyl groups is 1. The smallest absolute Gasteiger partial charge is 0.243 e. The topological polar surface area (TPSA) is 57.6 Å². The van der Waals surface area contributed by atoms with Crippen LogP contribution in [0, 0.1) is 5.92 Å². The van der Waals surface area contributed by atoms with E-state index in [2.05, 4.69) is 6.92 Å². The molecule has 1 fully saturated rings. The minimum atomic E-state index is -3.43. The van der Waals surface area contributed by atoms with Gasteiger partial charge in [0.25, 0.3) is 0 Å². The van der Waals surface area contributed by atoms with E-state index < -0.39 is 10.0 Å². The Morgan fingerprint density at radius 1 is 1.19 bits per heavy atom. The van der Waals surface area contributed by atoms with Crippen molar-refractivity contribution < 1.29 is 13.5 Å². The zero-order chi connectivity index (χ0) is 15.5. The first-order valence-corrected chi connectivity index (χ1v) is 9.19. The van der Waals surface area contributed by atoms with Crippen molar-refractivity contribution in [3.63, 3.8) is 0 Å². The van der Waals surface area contributed by atoms with Crippen LogP contribution in [0.4, 0.5) is 0 Å². The Kier molecular flexibility index (Phi) is 5.41. The van der Waals surface area contributed by atoms with Crippen LogP contribution in [-0.4, -0.2) is 30.9 Å². The van der Waals surface area contributed by atoms with E-state index in [4.69, 9.17) is 0 Å². The molecule has 118 valence electrons. The van der Waals surface area contributed by atoms with E-state index in [0.29, 0.717) is 29.5 Å². The summed E-state index contributed by atoms with van der Waals surface area (Å²) in [6.07, 6.45) is 3.79. The number of rotatable bonds is 5. The summed E-state index contributed by atoms with van der Waals surface area (Å²) in [5.74, 6) is 0.645. The van der Waals surface area contributed by atoms with E-state index in [-0.39, 0.29) is 6.61 Å². The summed E-state index contributed by atoms with van der Waals surface area (Å²) < 4.78 is 27.0. The second kappa shape index (κ2) is 6.90. The molecule has 5 heteroatoms. The minimum Gasteiger partial charge on any atom is -0.392 e. The van der Waals surface area contributed by atoms with Crippen molar-refractivity contribution >= 4 is 10.0 Å². The fourth-order valence-electron chi connectivity index (χ4n) is 2.96. The summed E-state index contributed by atoms with van der Waals surface area (Å²) in [5.41, 5.74) is 1.71. The fraction of sp³-hybridized carbons (Fsp3) is 0.625. The maximum atomic E-state index is 12.7. The maximum absolute atomic E-state index is 12.7. The van der Waals surface area contributed by atoms with Crippen LogP contribution in [0.1, 0.15) is 44.2 Å². The lowest BCUT2D eigenvalue weighted by atomic mass is 9.96. The van der Waals surface area contributed by atoms with Crippen molar-refractivity contribution in [2.75, 3.05) is 13.1 Å². The summed E-state index contributed by atoms with van der Waals surface area (Å²) in [6.45, 7) is 5.24. The van der Waals surface area contributed by atoms with Gasteiger partial charge in [-0.3, -0.25) is 0 Å². The third kappa shape index (κ3) is 3.47. The van der Waals surface area contributed by atoms with Gasteiger partial charge in [0, 0.05) is 13.1 Å². The monoisotopic (exact) mass is 311 g/mol. The quantitative estimate of drug-likeness (QED) is 0.909. The lowest BCUT2D eigenvalue weighted by Gasteiger charge is -2.30. The molecule has 2 rings (SSSR count). The molecule has 0 saturated carbocycles. The molecule has 0 radical (unpaired) electrons. The molecule has 0 spiro atoms. The molecule has 0 aromatic heterocycles. The molecule has 4 nitrogen and oxygen atoms in total. The largest absolute Gasteiger partial charge is 0.392 e. The third-order valence-corrected chi connectivity index (χ3v) is 6.41. The molecule has 1 heterocycles. The minimum absolute atomic E-state index is 0.121. The van der Waals surface area contributed by atoms with Crippen LogP contribution in [0.25, 0.3) is 0 Å². The predicted octanol–water partition coefficient (Wildman–Crippen LogP) is 2.55. The standard InChI is InChI=1S/C16H25NO3S/c1-3-13-7-9-17(10-8-13)21(19,20)16-6-5-14(4-2)15(11-16)12-18/h5-6,11,13,18H,3-4,7-10,12H2,1-2H3. The molecule has 1 aromatic rings. The SMILES string of the molecule is CCc1ccc(S(=O)(=O)N2CCC(CC)CC2)cc1CO. The van der Waals surface area contributed by atoms with Crippen molar-refractivity contribution in [2.24, 2.45) is 5.92 Å². The number of piperidine rings is 1. The number of aliphatic hydroxyl groups excluding tert-OH is 1. The summed E-state index contributed by atoms with van der Waals surface area (Å²) >= 11 is 0. The highest BCUT2D eigenvalue weighted by Gasteiger charge is 2.29. The fourth-order valence-corrected chi connectivity index (χ4v) is 4.48. The molecule has 0 aliphatic carbocycles. The van der Waals surface area contributed by atoms with Gasteiger partial charge >= 0.3 is 0 Å². The third-order valence-electron chi connectivity index (χ3n) is 4.52. The highest BCUT2D eigenvalue weighted by Crippen LogP contribution is 2.26. The molecule has 0 amide bonds. The maximum Gasteiger partial charge on any atom is 0.243 e. The van der Waals surface area contributed by atoms with Crippen LogP contribution < -0.4 is 0 Å². The van der Waals surface area contributed by atoms with Crippen molar-refractivity contribution in [2.45, 2.75) is 51.0 Å². The summed E-state index contributed by atoms with van der Waals surface area (Å²) in [6, 6.07) is 5.11. The molecule has 1 saturated heterocycles. The Hall–Kier alpha value is -0.910. The van der Waals surface area contributed by atoms with Gasteiger partial charge in [0.2, 0.25) is 10.0 Å². The van der Waals surface area contributed by atoms with Gasteiger partial charge < -0.3 is 5.11 Å². The molecular formula is C16H25NO3S. The van der Waals surface area contributed by atoms with Crippen LogP contribution in [-0.2, 0) is 23.1 Å². The Morgan fingerprint density at radius 2 is 1.86 bits per heavy atom. The van der Waals surface area contributed by atoms with E-state index in [0.717, 1.165) is 31.2 Å². The van der Waals surface area contributed by atoms with Crippen molar-refractivity contribution in [3.05, 3.63) is 29.3 Å². The van der Waals surface area contributed by atoms with Gasteiger partial charge in [-0.25, -0.2) is 8.42 Å². The summed E-state index contributed by atoms with van der Waals surface area (Å²) in [7, 11) is -3.43. The van der Waals surface area contributed by atoms with Gasteiger partial charge in [-0.2, -0.15) is 4.31 Å². The zero-order valence-electron chi connectivity index (χ0n) is 12.9. The highest BCUT2D eigenvalue weighted by molar-refractivity contribution is 7.89. The van der Waals surface area contributed by atoms with Gasteiger partial charge in [0.05, 0.1) is 11.5 Å². The van der Waals surface area contributed by atoms with E-state index >= 15 is 0 Å². The highest BCUT2D eigenvalue weighted by atomic mass is 32.2. The van der Waals surface area contributed by atoms with Gasteiger partial charge in [0.15, 0.2) is 0 Å². The summed E-state index contributed by atoms with van der Waals surface area (Å²) in [5, 5.41) is 9.41. The van der Waals surface area contributed by atoms with E-state index in [1.807, 2.05) is 13.0 Å². The van der Waals surface area contributed by atoms with E-state index in [1.165, 1.54) is 0 Å². The normalized spacial score (nSPS) is 18.0. The Bertz CT molecular complexity index is 575. The molecule has 0 bridgehead atoms. The second-order valence-electron chi connectivity index (χ2n) is 5.70. The second-order valence-corrected chi connectivity index (χ2v) is 7.64. The Balaban J connectivity index is 2.24. The first-order valence-electron chi connectivity index (χ1n) is 7.75. The lowest BCUT2D eigenvalue weighted by Crippen LogP contribution is -2.38. The molecule has 0 atom stereocenters. The van der Waals surface area contributed by atoms with Crippen LogP contribution in [0.5, 0.6) is 0 Å². The molecule has 1 aromatic carbocycles. The van der Waals surface area contributed by atoms with Gasteiger partial charge in [-0.05, 0) is 48.4 Å². The zero-order valence-corrected chi connectivity index (χ0v) is 13.7. The lowest BCUT2D eigenvalue weighted by molar-refractivity contribution is 0.268. The Morgan fingerprint density at radius 3 is 2.38 bits per heavy atom. The number of aryl methyl sites for hydroxylation is 1. The predicted molar refractivity (Wildman–Crippen MR) is 83.5 cm³/mol. The number of hydrogen-bond acceptors (Lipinski definition) is 3. The summed E-state index contributed by atoms with van der Waals surface area (Å²) in [4.78, 5) is 0.304. The Labute approximate surface area is 127 Å². The average molecular weight is 311 g/mol. The van der Waals surface area contributed by atoms with Crippen molar-refractivity contribution in [1.29, 1.82) is 0 Å². The molecule has 0 unspecified atom stereocenters.